The Morgan fingerprint density at radius 2 is 1.88 bits per heavy atom. The molecule has 2 aromatic carbocycles. The molecule has 0 saturated carbocycles. The van der Waals surface area contributed by atoms with E-state index in [1.165, 1.54) is 22.3 Å². The lowest BCUT2D eigenvalue weighted by Gasteiger charge is -2.29. The number of carbonyl (C=O) groups is 1. The van der Waals surface area contributed by atoms with Gasteiger partial charge in [0.25, 0.3) is 11.5 Å². The number of amides is 1. The van der Waals surface area contributed by atoms with E-state index in [2.05, 4.69) is 27.4 Å². The van der Waals surface area contributed by atoms with Gasteiger partial charge in [-0.25, -0.2) is 4.39 Å². The summed E-state index contributed by atoms with van der Waals surface area (Å²) >= 11 is 0. The summed E-state index contributed by atoms with van der Waals surface area (Å²) < 4.78 is 17.1. The van der Waals surface area contributed by atoms with Crippen molar-refractivity contribution < 1.29 is 9.18 Å². The number of nitrogens with zero attached hydrogens (tertiary/aromatic N) is 4. The van der Waals surface area contributed by atoms with E-state index in [1.54, 1.807) is 18.2 Å². The van der Waals surface area contributed by atoms with Gasteiger partial charge in [-0.05, 0) is 11.6 Å². The number of benzene rings is 2. The molecule has 0 bridgehead atoms. The topological polar surface area (TPSA) is 71.6 Å². The summed E-state index contributed by atoms with van der Waals surface area (Å²) in [5, 5.41) is 6.96. The van der Waals surface area contributed by atoms with Gasteiger partial charge < -0.3 is 9.88 Å². The third-order valence-electron chi connectivity index (χ3n) is 6.20. The number of rotatable bonds is 5. The molecule has 1 aliphatic rings. The van der Waals surface area contributed by atoms with Gasteiger partial charge in [-0.2, -0.15) is 9.61 Å². The third kappa shape index (κ3) is 3.93. The molecule has 0 unspecified atom stereocenters. The zero-order valence-electron chi connectivity index (χ0n) is 18.3. The highest BCUT2D eigenvalue weighted by atomic mass is 19.1. The fourth-order valence-electron chi connectivity index (χ4n) is 4.49. The van der Waals surface area contributed by atoms with Gasteiger partial charge in [0.05, 0.1) is 11.8 Å². The van der Waals surface area contributed by atoms with Crippen molar-refractivity contribution in [2.75, 3.05) is 6.54 Å². The zero-order valence-corrected chi connectivity index (χ0v) is 18.3. The lowest BCUT2D eigenvalue weighted by atomic mass is 10.1. The quantitative estimate of drug-likeness (QED) is 0.513. The van der Waals surface area contributed by atoms with Crippen LogP contribution in [-0.4, -0.2) is 31.5 Å². The van der Waals surface area contributed by atoms with Gasteiger partial charge in [-0.3, -0.25) is 14.5 Å². The Bertz CT molecular complexity index is 1390. The van der Waals surface area contributed by atoms with Crippen LogP contribution in [-0.2, 0) is 33.1 Å². The minimum absolute atomic E-state index is 0.0518. The second-order valence-corrected chi connectivity index (χ2v) is 8.30. The first kappa shape index (κ1) is 21.1. The first-order valence-electron chi connectivity index (χ1n) is 10.9. The standard InChI is InChI=1S/C25H24FN5O2/c1-29-22-11-12-30(15-17-7-3-2-4-8-17)16-20(22)25(33)31-24(29)19(14-28-31)23(32)27-13-18-9-5-6-10-21(18)26/h2-10,14H,11-13,15-16H2,1H3,(H,27,32). The van der Waals surface area contributed by atoms with Crippen molar-refractivity contribution in [3.05, 3.63) is 105 Å². The predicted octanol–water partition coefficient (Wildman–Crippen LogP) is 2.66. The fourth-order valence-corrected chi connectivity index (χ4v) is 4.49. The molecule has 0 atom stereocenters. The van der Waals surface area contributed by atoms with Gasteiger partial charge in [0.2, 0.25) is 0 Å². The molecule has 2 aromatic heterocycles. The Balaban J connectivity index is 1.43. The van der Waals surface area contributed by atoms with Crippen molar-refractivity contribution in [3.63, 3.8) is 0 Å². The monoisotopic (exact) mass is 445 g/mol. The van der Waals surface area contributed by atoms with Crippen LogP contribution in [0, 0.1) is 5.82 Å². The molecule has 3 heterocycles. The van der Waals surface area contributed by atoms with E-state index in [0.717, 1.165) is 18.8 Å². The number of nitrogens with one attached hydrogen (secondary N) is 1. The maximum absolute atomic E-state index is 13.9. The Hall–Kier alpha value is -3.78. The molecule has 7 nitrogen and oxygen atoms in total. The molecule has 1 N–H and O–H groups in total. The number of carbonyl (C=O) groups excluding carboxylic acids is 1. The van der Waals surface area contributed by atoms with E-state index >= 15 is 0 Å². The molecular weight excluding hydrogens is 421 g/mol. The van der Waals surface area contributed by atoms with Crippen molar-refractivity contribution >= 4 is 11.6 Å². The molecule has 1 amide bonds. The molecule has 0 radical (unpaired) electrons. The Morgan fingerprint density at radius 3 is 2.67 bits per heavy atom. The van der Waals surface area contributed by atoms with Gasteiger partial charge >= 0.3 is 0 Å². The number of aryl methyl sites for hydroxylation is 1. The summed E-state index contributed by atoms with van der Waals surface area (Å²) in [5.74, 6) is -0.774. The smallest absolute Gasteiger partial charge is 0.279 e. The fraction of sp³-hybridized carbons (Fsp3) is 0.240. The molecule has 1 aliphatic heterocycles. The SMILES string of the molecule is Cn1c2c(c(=O)n3ncc(C(=O)NCc4ccccc4F)c13)CN(Cc1ccccc1)CC2. The number of fused-ring (bicyclic) bond motifs is 2. The van der Waals surface area contributed by atoms with Crippen LogP contribution in [0.3, 0.4) is 0 Å². The van der Waals surface area contributed by atoms with E-state index in [-0.39, 0.29) is 17.9 Å². The average Bonchev–Trinajstić information content (AvgIpc) is 3.28. The van der Waals surface area contributed by atoms with Gasteiger partial charge in [-0.1, -0.05) is 48.5 Å². The maximum atomic E-state index is 13.9. The molecular formula is C25H24FN5O2. The Labute approximate surface area is 190 Å². The van der Waals surface area contributed by atoms with Crippen molar-refractivity contribution in [2.24, 2.45) is 7.05 Å². The molecule has 33 heavy (non-hydrogen) atoms. The second-order valence-electron chi connectivity index (χ2n) is 8.30. The minimum atomic E-state index is -0.398. The normalized spacial score (nSPS) is 13.8. The lowest BCUT2D eigenvalue weighted by molar-refractivity contribution is 0.0951. The first-order chi connectivity index (χ1) is 16.0. The van der Waals surface area contributed by atoms with E-state index in [9.17, 15) is 14.0 Å². The van der Waals surface area contributed by atoms with Crippen molar-refractivity contribution in [1.82, 2.24) is 24.4 Å². The van der Waals surface area contributed by atoms with E-state index in [0.29, 0.717) is 35.3 Å². The van der Waals surface area contributed by atoms with Crippen LogP contribution in [0.1, 0.15) is 32.7 Å². The van der Waals surface area contributed by atoms with Crippen LogP contribution in [0.15, 0.2) is 65.6 Å². The summed E-state index contributed by atoms with van der Waals surface area (Å²) in [6, 6.07) is 16.5. The second kappa shape index (κ2) is 8.63. The van der Waals surface area contributed by atoms with Gasteiger partial charge in [0.1, 0.15) is 11.4 Å². The first-order valence-corrected chi connectivity index (χ1v) is 10.9. The summed E-state index contributed by atoms with van der Waals surface area (Å²) in [6.45, 7) is 2.16. The van der Waals surface area contributed by atoms with Crippen LogP contribution >= 0.6 is 0 Å². The summed E-state index contributed by atoms with van der Waals surface area (Å²) in [7, 11) is 1.86. The number of halogens is 1. The Morgan fingerprint density at radius 1 is 1.12 bits per heavy atom. The summed E-state index contributed by atoms with van der Waals surface area (Å²) in [6.07, 6.45) is 2.10. The van der Waals surface area contributed by atoms with Crippen LogP contribution in [0.4, 0.5) is 4.39 Å². The van der Waals surface area contributed by atoms with E-state index in [4.69, 9.17) is 0 Å². The average molecular weight is 445 g/mol. The van der Waals surface area contributed by atoms with Crippen LogP contribution < -0.4 is 10.9 Å². The largest absolute Gasteiger partial charge is 0.348 e. The number of aromatic nitrogens is 3. The molecule has 5 rings (SSSR count). The third-order valence-corrected chi connectivity index (χ3v) is 6.20. The lowest BCUT2D eigenvalue weighted by Crippen LogP contribution is -2.38. The van der Waals surface area contributed by atoms with E-state index in [1.807, 2.05) is 29.8 Å². The van der Waals surface area contributed by atoms with Gasteiger partial charge in [0.15, 0.2) is 5.65 Å². The summed E-state index contributed by atoms with van der Waals surface area (Å²) in [4.78, 5) is 28.4. The Kier molecular flexibility index (Phi) is 5.51. The van der Waals surface area contributed by atoms with Crippen molar-refractivity contribution in [2.45, 2.75) is 26.1 Å². The zero-order chi connectivity index (χ0) is 22.9. The highest BCUT2D eigenvalue weighted by Crippen LogP contribution is 2.21. The molecule has 0 fully saturated rings. The van der Waals surface area contributed by atoms with Gasteiger partial charge in [0, 0.05) is 50.9 Å². The maximum Gasteiger partial charge on any atom is 0.279 e. The molecule has 0 saturated heterocycles. The molecule has 8 heteroatoms. The minimum Gasteiger partial charge on any atom is -0.348 e. The highest BCUT2D eigenvalue weighted by Gasteiger charge is 2.26. The molecule has 0 aliphatic carbocycles. The molecule has 168 valence electrons. The summed E-state index contributed by atoms with van der Waals surface area (Å²) in [5.41, 5.74) is 3.75. The van der Waals surface area contributed by atoms with Crippen molar-refractivity contribution in [1.29, 1.82) is 0 Å². The highest BCUT2D eigenvalue weighted by molar-refractivity contribution is 5.99. The predicted molar refractivity (Wildman–Crippen MR) is 122 cm³/mol. The van der Waals surface area contributed by atoms with Crippen LogP contribution in [0.2, 0.25) is 0 Å². The van der Waals surface area contributed by atoms with Gasteiger partial charge in [-0.15, -0.1) is 0 Å². The molecule has 0 spiro atoms. The van der Waals surface area contributed by atoms with Crippen LogP contribution in [0.25, 0.3) is 5.65 Å². The van der Waals surface area contributed by atoms with E-state index < -0.39 is 5.91 Å². The van der Waals surface area contributed by atoms with Crippen molar-refractivity contribution in [3.8, 4) is 0 Å². The molecule has 4 aromatic rings. The number of hydrogen-bond donors (Lipinski definition) is 1. The van der Waals surface area contributed by atoms with Crippen LogP contribution in [0.5, 0.6) is 0 Å². The number of hydrogen-bond acceptors (Lipinski definition) is 4.